The van der Waals surface area contributed by atoms with Crippen molar-refractivity contribution in [1.29, 1.82) is 0 Å². The monoisotopic (exact) mass is 146 g/mol. The van der Waals surface area contributed by atoms with Gasteiger partial charge in [-0.25, -0.2) is 8.78 Å². The van der Waals surface area contributed by atoms with Crippen molar-refractivity contribution in [2.24, 2.45) is 0 Å². The van der Waals surface area contributed by atoms with Gasteiger partial charge >= 0.3 is 0 Å². The van der Waals surface area contributed by atoms with Crippen molar-refractivity contribution in [3.8, 4) is 0 Å². The van der Waals surface area contributed by atoms with Gasteiger partial charge in [0.2, 0.25) is 0 Å². The lowest BCUT2D eigenvalue weighted by atomic mass is 10.2. The molecule has 0 aliphatic rings. The average molecular weight is 146 g/mol. The lowest BCUT2D eigenvalue weighted by Gasteiger charge is -1.93. The van der Waals surface area contributed by atoms with E-state index < -0.39 is 0 Å². The predicted molar refractivity (Wildman–Crippen MR) is 39.0 cm³/mol. The summed E-state index contributed by atoms with van der Waals surface area (Å²) in [5.74, 6) is -0.506. The molecule has 58 valence electrons. The maximum Gasteiger partial charge on any atom is 0.0961 e. The van der Waals surface area contributed by atoms with Gasteiger partial charge in [-0.3, -0.25) is 0 Å². The maximum atomic E-state index is 12.3. The van der Waals surface area contributed by atoms with E-state index in [0.29, 0.717) is 0 Å². The highest BCUT2D eigenvalue weighted by molar-refractivity contribution is 4.96. The van der Waals surface area contributed by atoms with Crippen molar-refractivity contribution in [3.05, 3.63) is 23.8 Å². The van der Waals surface area contributed by atoms with Crippen molar-refractivity contribution in [2.45, 2.75) is 26.7 Å². The molecule has 0 aromatic heterocycles. The molecule has 0 saturated carbocycles. The van der Waals surface area contributed by atoms with Crippen LogP contribution in [0.2, 0.25) is 0 Å². The molecule has 0 rings (SSSR count). The van der Waals surface area contributed by atoms with E-state index in [0.717, 1.165) is 0 Å². The van der Waals surface area contributed by atoms with E-state index >= 15 is 0 Å². The molecule has 0 aromatic rings. The number of hydrogen-bond donors (Lipinski definition) is 0. The summed E-state index contributed by atoms with van der Waals surface area (Å²) in [6, 6.07) is 0. The second-order valence-electron chi connectivity index (χ2n) is 1.97. The van der Waals surface area contributed by atoms with Gasteiger partial charge in [0.05, 0.1) is 11.7 Å². The molecule has 0 heterocycles. The summed E-state index contributed by atoms with van der Waals surface area (Å²) >= 11 is 0. The van der Waals surface area contributed by atoms with Crippen LogP contribution in [0.15, 0.2) is 23.8 Å². The number of hydrogen-bond acceptors (Lipinski definition) is 0. The zero-order chi connectivity index (χ0) is 7.98. The Bertz CT molecular complexity index is 127. The zero-order valence-electron chi connectivity index (χ0n) is 6.32. The van der Waals surface area contributed by atoms with Crippen LogP contribution in [-0.2, 0) is 0 Å². The molecule has 0 N–H and O–H groups in total. The summed E-state index contributed by atoms with van der Waals surface area (Å²) in [4.78, 5) is 0. The third kappa shape index (κ3) is 4.24. The van der Waals surface area contributed by atoms with Crippen molar-refractivity contribution in [1.82, 2.24) is 0 Å². The van der Waals surface area contributed by atoms with Crippen LogP contribution in [0.4, 0.5) is 8.78 Å². The van der Waals surface area contributed by atoms with Gasteiger partial charge in [-0.05, 0) is 13.8 Å². The van der Waals surface area contributed by atoms with Gasteiger partial charge in [0.25, 0.3) is 0 Å². The minimum Gasteiger partial charge on any atom is -0.212 e. The van der Waals surface area contributed by atoms with Crippen LogP contribution in [0.5, 0.6) is 0 Å². The maximum absolute atomic E-state index is 12.3. The Morgan fingerprint density at radius 2 is 1.30 bits per heavy atom. The molecule has 0 unspecified atom stereocenters. The Balaban J connectivity index is 3.56. The number of halogens is 2. The lowest BCUT2D eigenvalue weighted by Crippen LogP contribution is -1.76. The van der Waals surface area contributed by atoms with Crippen LogP contribution in [0.1, 0.15) is 26.7 Å². The van der Waals surface area contributed by atoms with E-state index in [1.165, 1.54) is 12.2 Å². The number of rotatable bonds is 3. The summed E-state index contributed by atoms with van der Waals surface area (Å²) in [7, 11) is 0. The highest BCUT2D eigenvalue weighted by atomic mass is 19.1. The SMILES string of the molecule is CC=C(F)CCC(F)=CC. The van der Waals surface area contributed by atoms with Crippen LogP contribution < -0.4 is 0 Å². The van der Waals surface area contributed by atoms with Gasteiger partial charge in [-0.1, -0.05) is 12.2 Å². The molecular formula is C8H12F2. The van der Waals surface area contributed by atoms with Gasteiger partial charge in [0.15, 0.2) is 0 Å². The third-order valence-corrected chi connectivity index (χ3v) is 1.23. The zero-order valence-corrected chi connectivity index (χ0v) is 6.32. The minimum atomic E-state index is -0.253. The fraction of sp³-hybridized carbons (Fsp3) is 0.500. The largest absolute Gasteiger partial charge is 0.212 e. The Kier molecular flexibility index (Phi) is 4.81. The quantitative estimate of drug-likeness (QED) is 0.571. The van der Waals surface area contributed by atoms with Crippen LogP contribution in [-0.4, -0.2) is 0 Å². The van der Waals surface area contributed by atoms with Crippen LogP contribution in [0, 0.1) is 0 Å². The van der Waals surface area contributed by atoms with E-state index in [9.17, 15) is 8.78 Å². The molecule has 0 bridgehead atoms. The van der Waals surface area contributed by atoms with E-state index in [-0.39, 0.29) is 24.5 Å². The highest BCUT2D eigenvalue weighted by Gasteiger charge is 1.95. The van der Waals surface area contributed by atoms with Crippen molar-refractivity contribution in [2.75, 3.05) is 0 Å². The molecule has 0 amide bonds. The molecular weight excluding hydrogens is 134 g/mol. The molecule has 0 atom stereocenters. The second-order valence-corrected chi connectivity index (χ2v) is 1.97. The Morgan fingerprint density at radius 1 is 1.00 bits per heavy atom. The summed E-state index contributed by atoms with van der Waals surface area (Å²) in [6.45, 7) is 3.20. The minimum absolute atomic E-state index is 0.173. The topological polar surface area (TPSA) is 0 Å². The molecule has 10 heavy (non-hydrogen) atoms. The summed E-state index contributed by atoms with van der Waals surface area (Å²) in [5, 5.41) is 0. The van der Waals surface area contributed by atoms with Gasteiger partial charge in [-0.2, -0.15) is 0 Å². The first kappa shape index (κ1) is 9.34. The van der Waals surface area contributed by atoms with Crippen molar-refractivity contribution >= 4 is 0 Å². The predicted octanol–water partition coefficient (Wildman–Crippen LogP) is 3.51. The smallest absolute Gasteiger partial charge is 0.0961 e. The average Bonchev–Trinajstić information content (AvgIpc) is 1.99. The van der Waals surface area contributed by atoms with Gasteiger partial charge < -0.3 is 0 Å². The van der Waals surface area contributed by atoms with E-state index in [4.69, 9.17) is 0 Å². The molecule has 0 saturated heterocycles. The molecule has 0 fully saturated rings. The Hall–Kier alpha value is -0.660. The second kappa shape index (κ2) is 5.15. The van der Waals surface area contributed by atoms with E-state index in [2.05, 4.69) is 0 Å². The third-order valence-electron chi connectivity index (χ3n) is 1.23. The first-order valence-corrected chi connectivity index (χ1v) is 3.32. The standard InChI is InChI=1S/C8H12F2/c1-3-7(9)5-6-8(10)4-2/h3-4H,5-6H2,1-2H3. The van der Waals surface area contributed by atoms with Crippen LogP contribution in [0.25, 0.3) is 0 Å². The number of allylic oxidation sites excluding steroid dienone is 4. The molecule has 0 nitrogen and oxygen atoms in total. The Labute approximate surface area is 60.2 Å². The van der Waals surface area contributed by atoms with Crippen molar-refractivity contribution < 1.29 is 8.78 Å². The highest BCUT2D eigenvalue weighted by Crippen LogP contribution is 2.12. The van der Waals surface area contributed by atoms with Crippen molar-refractivity contribution in [3.63, 3.8) is 0 Å². The summed E-state index contributed by atoms with van der Waals surface area (Å²) in [5.41, 5.74) is 0. The molecule has 0 aliphatic carbocycles. The Morgan fingerprint density at radius 3 is 1.50 bits per heavy atom. The fourth-order valence-corrected chi connectivity index (χ4v) is 0.528. The van der Waals surface area contributed by atoms with Gasteiger partial charge in [0, 0.05) is 12.8 Å². The first-order valence-electron chi connectivity index (χ1n) is 3.32. The first-order chi connectivity index (χ1) is 4.70. The molecule has 0 radical (unpaired) electrons. The molecule has 0 aliphatic heterocycles. The van der Waals surface area contributed by atoms with E-state index in [1.54, 1.807) is 13.8 Å². The summed E-state index contributed by atoms with van der Waals surface area (Å²) < 4.78 is 24.6. The van der Waals surface area contributed by atoms with Gasteiger partial charge in [-0.15, -0.1) is 0 Å². The van der Waals surface area contributed by atoms with Crippen LogP contribution >= 0.6 is 0 Å². The lowest BCUT2D eigenvalue weighted by molar-refractivity contribution is 0.535. The molecule has 0 spiro atoms. The van der Waals surface area contributed by atoms with Gasteiger partial charge in [0.1, 0.15) is 0 Å². The summed E-state index contributed by atoms with van der Waals surface area (Å²) in [6.07, 6.45) is 3.05. The molecule has 2 heteroatoms. The molecule has 0 aromatic carbocycles. The van der Waals surface area contributed by atoms with Crippen LogP contribution in [0.3, 0.4) is 0 Å². The fourth-order valence-electron chi connectivity index (χ4n) is 0.528. The normalized spacial score (nSPS) is 14.0. The van der Waals surface area contributed by atoms with E-state index in [1.807, 2.05) is 0 Å².